The Morgan fingerprint density at radius 2 is 2.15 bits per heavy atom. The zero-order valence-corrected chi connectivity index (χ0v) is 13.3. The number of carbonyl (C=O) groups is 1. The molecule has 2 aromatic rings. The minimum absolute atomic E-state index is 0.0705. The Morgan fingerprint density at radius 3 is 2.70 bits per heavy atom. The fourth-order valence-electron chi connectivity index (χ4n) is 1.48. The van der Waals surface area contributed by atoms with Crippen molar-refractivity contribution in [2.24, 2.45) is 0 Å². The molecule has 20 heavy (non-hydrogen) atoms. The van der Waals surface area contributed by atoms with Gasteiger partial charge in [-0.3, -0.25) is 4.72 Å². The normalized spacial score (nSPS) is 11.3. The molecule has 0 atom stereocenters. The second-order valence-corrected chi connectivity index (χ2v) is 7.26. The first-order valence-electron chi connectivity index (χ1n) is 5.27. The summed E-state index contributed by atoms with van der Waals surface area (Å²) in [6, 6.07) is 2.48. The number of carboxylic acid groups (broad SMARTS) is 1. The van der Waals surface area contributed by atoms with Crippen LogP contribution in [0.1, 0.15) is 15.9 Å². The fraction of sp³-hybridized carbons (Fsp3) is 0.0909. The lowest BCUT2D eigenvalue weighted by Crippen LogP contribution is -2.14. The van der Waals surface area contributed by atoms with Crippen LogP contribution in [0.5, 0.6) is 0 Å². The molecule has 0 aliphatic carbocycles. The SMILES string of the molecule is Cc1c(Br)cc(S(=O)(=O)Nc2nccs2)cc1C(=O)O. The van der Waals surface area contributed by atoms with Crippen LogP contribution in [0.3, 0.4) is 0 Å². The summed E-state index contributed by atoms with van der Waals surface area (Å²) in [5, 5.41) is 10.9. The standard InChI is InChI=1S/C11H9BrN2O4S2/c1-6-8(10(15)16)4-7(5-9(6)12)20(17,18)14-11-13-2-3-19-11/h2-5H,1H3,(H,13,14)(H,15,16). The summed E-state index contributed by atoms with van der Waals surface area (Å²) < 4.78 is 27.1. The zero-order chi connectivity index (χ0) is 14.9. The molecule has 1 aromatic carbocycles. The van der Waals surface area contributed by atoms with Gasteiger partial charge in [-0.15, -0.1) is 11.3 Å². The first-order valence-corrected chi connectivity index (χ1v) is 8.42. The highest BCUT2D eigenvalue weighted by atomic mass is 79.9. The Morgan fingerprint density at radius 1 is 1.45 bits per heavy atom. The van der Waals surface area contributed by atoms with Crippen LogP contribution in [0.2, 0.25) is 0 Å². The third-order valence-corrected chi connectivity index (χ3v) is 5.47. The number of rotatable bonds is 4. The minimum atomic E-state index is -3.87. The van der Waals surface area contributed by atoms with E-state index in [0.29, 0.717) is 10.0 Å². The summed E-state index contributed by atoms with van der Waals surface area (Å²) in [6.07, 6.45) is 1.47. The Labute approximate surface area is 127 Å². The van der Waals surface area contributed by atoms with Crippen LogP contribution in [0.15, 0.2) is 33.1 Å². The van der Waals surface area contributed by atoms with Crippen LogP contribution >= 0.6 is 27.3 Å². The molecule has 1 aromatic heterocycles. The Balaban J connectivity index is 2.49. The Kier molecular flexibility index (Phi) is 4.11. The molecule has 1 heterocycles. The van der Waals surface area contributed by atoms with Crippen molar-refractivity contribution in [3.8, 4) is 0 Å². The first-order chi connectivity index (χ1) is 9.31. The number of hydrogen-bond acceptors (Lipinski definition) is 5. The number of anilines is 1. The van der Waals surface area contributed by atoms with E-state index in [-0.39, 0.29) is 15.6 Å². The Bertz CT molecular complexity index is 757. The number of aromatic nitrogens is 1. The molecular formula is C11H9BrN2O4S2. The van der Waals surface area contributed by atoms with Crippen LogP contribution in [-0.2, 0) is 10.0 Å². The van der Waals surface area contributed by atoms with Crippen molar-refractivity contribution in [3.05, 3.63) is 39.3 Å². The molecule has 2 N–H and O–H groups in total. The average molecular weight is 377 g/mol. The molecule has 0 fully saturated rings. The molecule has 0 saturated heterocycles. The molecule has 9 heteroatoms. The van der Waals surface area contributed by atoms with E-state index in [4.69, 9.17) is 5.11 Å². The molecule has 0 spiro atoms. The van der Waals surface area contributed by atoms with Crippen LogP contribution in [-0.4, -0.2) is 24.5 Å². The van der Waals surface area contributed by atoms with Gasteiger partial charge in [0.25, 0.3) is 10.0 Å². The smallest absolute Gasteiger partial charge is 0.336 e. The number of nitrogens with one attached hydrogen (secondary N) is 1. The van der Waals surface area contributed by atoms with Gasteiger partial charge in [-0.05, 0) is 24.6 Å². The predicted molar refractivity (Wildman–Crippen MR) is 78.8 cm³/mol. The van der Waals surface area contributed by atoms with E-state index in [1.54, 1.807) is 12.3 Å². The molecule has 0 bridgehead atoms. The molecular weight excluding hydrogens is 368 g/mol. The van der Waals surface area contributed by atoms with Gasteiger partial charge in [0.1, 0.15) is 0 Å². The molecule has 0 amide bonds. The van der Waals surface area contributed by atoms with Gasteiger partial charge in [-0.1, -0.05) is 15.9 Å². The lowest BCUT2D eigenvalue weighted by molar-refractivity contribution is 0.0695. The number of aromatic carboxylic acids is 1. The molecule has 106 valence electrons. The van der Waals surface area contributed by atoms with Crippen molar-refractivity contribution in [2.45, 2.75) is 11.8 Å². The highest BCUT2D eigenvalue weighted by Gasteiger charge is 2.20. The number of thiazole rings is 1. The number of benzene rings is 1. The predicted octanol–water partition coefficient (Wildman–Crippen LogP) is 2.71. The second kappa shape index (κ2) is 5.51. The maximum absolute atomic E-state index is 12.2. The highest BCUT2D eigenvalue weighted by Crippen LogP contribution is 2.26. The summed E-state index contributed by atoms with van der Waals surface area (Å²) in [4.78, 5) is 14.8. The summed E-state index contributed by atoms with van der Waals surface area (Å²) in [7, 11) is -3.87. The lowest BCUT2D eigenvalue weighted by Gasteiger charge is -2.09. The molecule has 0 radical (unpaired) electrons. The van der Waals surface area contributed by atoms with Crippen molar-refractivity contribution in [1.82, 2.24) is 4.98 Å². The van der Waals surface area contributed by atoms with Gasteiger partial charge >= 0.3 is 5.97 Å². The summed E-state index contributed by atoms with van der Waals surface area (Å²) in [5.41, 5.74) is 0.393. The number of sulfonamides is 1. The summed E-state index contributed by atoms with van der Waals surface area (Å²) in [6.45, 7) is 1.60. The highest BCUT2D eigenvalue weighted by molar-refractivity contribution is 9.10. The van der Waals surface area contributed by atoms with E-state index in [9.17, 15) is 13.2 Å². The molecule has 0 aliphatic heterocycles. The number of hydrogen-bond donors (Lipinski definition) is 2. The van der Waals surface area contributed by atoms with Crippen LogP contribution in [0.4, 0.5) is 5.13 Å². The largest absolute Gasteiger partial charge is 0.478 e. The van der Waals surface area contributed by atoms with E-state index in [0.717, 1.165) is 17.4 Å². The first kappa shape index (κ1) is 14.9. The Hall–Kier alpha value is -1.45. The molecule has 0 saturated carbocycles. The molecule has 2 rings (SSSR count). The summed E-state index contributed by atoms with van der Waals surface area (Å²) >= 11 is 4.30. The van der Waals surface area contributed by atoms with Gasteiger partial charge in [0.15, 0.2) is 5.13 Å². The van der Waals surface area contributed by atoms with E-state index in [1.165, 1.54) is 12.3 Å². The quantitative estimate of drug-likeness (QED) is 0.854. The van der Waals surface area contributed by atoms with Gasteiger partial charge < -0.3 is 5.11 Å². The van der Waals surface area contributed by atoms with Crippen LogP contribution < -0.4 is 4.72 Å². The topological polar surface area (TPSA) is 96.4 Å². The fourth-order valence-corrected chi connectivity index (χ4v) is 3.93. The maximum Gasteiger partial charge on any atom is 0.336 e. The third kappa shape index (κ3) is 3.00. The number of halogens is 1. The van der Waals surface area contributed by atoms with Gasteiger partial charge in [-0.2, -0.15) is 0 Å². The van der Waals surface area contributed by atoms with Gasteiger partial charge in [0.05, 0.1) is 10.5 Å². The monoisotopic (exact) mass is 376 g/mol. The van der Waals surface area contributed by atoms with Gasteiger partial charge in [0, 0.05) is 16.0 Å². The van der Waals surface area contributed by atoms with Crippen molar-refractivity contribution < 1.29 is 18.3 Å². The minimum Gasteiger partial charge on any atom is -0.478 e. The number of carboxylic acids is 1. The van der Waals surface area contributed by atoms with E-state index in [2.05, 4.69) is 25.6 Å². The average Bonchev–Trinajstić information content (AvgIpc) is 2.83. The second-order valence-electron chi connectivity index (χ2n) is 3.83. The lowest BCUT2D eigenvalue weighted by atomic mass is 10.1. The van der Waals surface area contributed by atoms with E-state index < -0.39 is 16.0 Å². The van der Waals surface area contributed by atoms with Crippen molar-refractivity contribution >= 4 is 48.4 Å². The molecule has 0 unspecified atom stereocenters. The van der Waals surface area contributed by atoms with Gasteiger partial charge in [0.2, 0.25) is 0 Å². The van der Waals surface area contributed by atoms with Crippen molar-refractivity contribution in [2.75, 3.05) is 4.72 Å². The van der Waals surface area contributed by atoms with Crippen molar-refractivity contribution in [1.29, 1.82) is 0 Å². The maximum atomic E-state index is 12.2. The summed E-state index contributed by atoms with van der Waals surface area (Å²) in [5.74, 6) is -1.19. The number of nitrogens with zero attached hydrogens (tertiary/aromatic N) is 1. The van der Waals surface area contributed by atoms with Gasteiger partial charge in [-0.25, -0.2) is 18.2 Å². The zero-order valence-electron chi connectivity index (χ0n) is 10.1. The van der Waals surface area contributed by atoms with E-state index in [1.807, 2.05) is 0 Å². The van der Waals surface area contributed by atoms with Crippen LogP contribution in [0, 0.1) is 6.92 Å². The van der Waals surface area contributed by atoms with Crippen molar-refractivity contribution in [3.63, 3.8) is 0 Å². The molecule has 0 aliphatic rings. The van der Waals surface area contributed by atoms with Crippen LogP contribution in [0.25, 0.3) is 0 Å². The molecule has 6 nitrogen and oxygen atoms in total. The third-order valence-electron chi connectivity index (χ3n) is 2.51. The van der Waals surface area contributed by atoms with E-state index >= 15 is 0 Å².